The van der Waals surface area contributed by atoms with Gasteiger partial charge in [0.25, 0.3) is 0 Å². The maximum absolute atomic E-state index is 13.2. The number of carbonyl (C=O) groups excluding carboxylic acids is 1. The highest BCUT2D eigenvalue weighted by Crippen LogP contribution is 2.33. The monoisotopic (exact) mass is 526 g/mol. The number of fused-ring (bicyclic) bond motifs is 1. The molecule has 0 fully saturated rings. The normalized spacial score (nSPS) is 12.4. The van der Waals surface area contributed by atoms with Crippen LogP contribution in [0.2, 0.25) is 0 Å². The topological polar surface area (TPSA) is 63.6 Å². The van der Waals surface area contributed by atoms with Crippen molar-refractivity contribution >= 4 is 33.9 Å². The Morgan fingerprint density at radius 1 is 0.946 bits per heavy atom. The molecule has 8 heteroatoms. The molecule has 0 bridgehead atoms. The van der Waals surface area contributed by atoms with Crippen LogP contribution in [-0.4, -0.2) is 16.9 Å². The lowest BCUT2D eigenvalue weighted by Crippen LogP contribution is -2.16. The number of rotatable bonds is 11. The highest BCUT2D eigenvalue weighted by molar-refractivity contribution is 7.09. The van der Waals surface area contributed by atoms with E-state index in [1.54, 1.807) is 6.07 Å². The van der Waals surface area contributed by atoms with Crippen molar-refractivity contribution in [2.24, 2.45) is 5.92 Å². The molecule has 192 valence electrons. The average Bonchev–Trinajstić information content (AvgIpc) is 3.39. The number of carbonyl (C=O) groups is 2. The fraction of sp³-hybridized carbons (Fsp3) is 0.241. The van der Waals surface area contributed by atoms with E-state index in [9.17, 15) is 27.9 Å². The first-order valence-corrected chi connectivity index (χ1v) is 12.7. The number of thiophene rings is 1. The zero-order chi connectivity index (χ0) is 26.4. The van der Waals surface area contributed by atoms with Crippen LogP contribution in [0.1, 0.15) is 45.6 Å². The largest absolute Gasteiger partial charge is 0.487 e. The number of ether oxygens (including phenoxy) is 1. The first-order valence-electron chi connectivity index (χ1n) is 11.8. The fourth-order valence-electron chi connectivity index (χ4n) is 4.19. The van der Waals surface area contributed by atoms with Crippen molar-refractivity contribution in [2.45, 2.75) is 38.5 Å². The van der Waals surface area contributed by atoms with Crippen molar-refractivity contribution in [1.29, 1.82) is 0 Å². The molecular formula is C29H25F3O4S. The molecule has 4 aromatic rings. The summed E-state index contributed by atoms with van der Waals surface area (Å²) in [5.41, 5.74) is 0.170. The molecule has 1 aromatic heterocycles. The van der Waals surface area contributed by atoms with E-state index in [1.165, 1.54) is 23.5 Å². The maximum atomic E-state index is 13.2. The van der Waals surface area contributed by atoms with Crippen LogP contribution in [0.15, 0.2) is 78.2 Å². The first-order chi connectivity index (χ1) is 17.7. The zero-order valence-electron chi connectivity index (χ0n) is 19.8. The van der Waals surface area contributed by atoms with Gasteiger partial charge in [0.1, 0.15) is 12.4 Å². The molecule has 0 aliphatic heterocycles. The van der Waals surface area contributed by atoms with E-state index in [-0.39, 0.29) is 18.8 Å². The lowest BCUT2D eigenvalue weighted by atomic mass is 9.94. The number of carboxylic acid groups (broad SMARTS) is 1. The molecule has 1 heterocycles. The van der Waals surface area contributed by atoms with Crippen LogP contribution in [-0.2, 0) is 24.0 Å². The quantitative estimate of drug-likeness (QED) is 0.203. The summed E-state index contributed by atoms with van der Waals surface area (Å²) in [6.45, 7) is -0.00563. The van der Waals surface area contributed by atoms with Gasteiger partial charge in [-0.1, -0.05) is 48.5 Å². The van der Waals surface area contributed by atoms with Crippen molar-refractivity contribution in [3.05, 3.63) is 99.7 Å². The molecule has 4 rings (SSSR count). The van der Waals surface area contributed by atoms with Crippen molar-refractivity contribution in [3.8, 4) is 5.75 Å². The standard InChI is InChI=1S/C29H25F3O4S/c30-29(31,32)22-13-10-19(11-14-22)18-36-27-24-8-2-1-5-20(24)12-15-25(27)26(33)9-3-6-21(28(34)35)17-23-7-4-16-37-23/h1-2,4-5,7-8,10-16,21H,3,6,9,17-18H2,(H,34,35). The average molecular weight is 527 g/mol. The molecule has 1 N–H and O–H groups in total. The molecule has 0 radical (unpaired) electrons. The second-order valence-electron chi connectivity index (χ2n) is 8.78. The van der Waals surface area contributed by atoms with Crippen molar-refractivity contribution < 1.29 is 32.6 Å². The second-order valence-corrected chi connectivity index (χ2v) is 9.81. The molecule has 0 aliphatic rings. The summed E-state index contributed by atoms with van der Waals surface area (Å²) in [5.74, 6) is -1.25. The van der Waals surface area contributed by atoms with E-state index < -0.39 is 23.6 Å². The minimum Gasteiger partial charge on any atom is -0.487 e. The summed E-state index contributed by atoms with van der Waals surface area (Å²) in [4.78, 5) is 25.9. The van der Waals surface area contributed by atoms with Gasteiger partial charge in [0.2, 0.25) is 0 Å². The van der Waals surface area contributed by atoms with Crippen molar-refractivity contribution in [1.82, 2.24) is 0 Å². The van der Waals surface area contributed by atoms with Gasteiger partial charge in [-0.2, -0.15) is 13.2 Å². The van der Waals surface area contributed by atoms with Gasteiger partial charge in [-0.3, -0.25) is 9.59 Å². The Morgan fingerprint density at radius 3 is 2.38 bits per heavy atom. The number of Topliss-reactive ketones (excluding diaryl/α,β-unsaturated/α-hetero) is 1. The zero-order valence-corrected chi connectivity index (χ0v) is 20.6. The number of halogens is 3. The highest BCUT2D eigenvalue weighted by Gasteiger charge is 2.30. The van der Waals surface area contributed by atoms with Gasteiger partial charge in [-0.15, -0.1) is 11.3 Å². The third-order valence-electron chi connectivity index (χ3n) is 6.18. The predicted molar refractivity (Wildman–Crippen MR) is 137 cm³/mol. The minimum atomic E-state index is -4.42. The third-order valence-corrected chi connectivity index (χ3v) is 7.08. The van der Waals surface area contributed by atoms with E-state index >= 15 is 0 Å². The van der Waals surface area contributed by atoms with Crippen LogP contribution in [0.25, 0.3) is 10.8 Å². The molecule has 1 atom stereocenters. The van der Waals surface area contributed by atoms with Crippen LogP contribution >= 0.6 is 11.3 Å². The molecule has 3 aromatic carbocycles. The molecule has 0 saturated carbocycles. The van der Waals surface area contributed by atoms with Crippen LogP contribution in [0.3, 0.4) is 0 Å². The Labute approximate surface area is 216 Å². The molecule has 0 aliphatic carbocycles. The van der Waals surface area contributed by atoms with E-state index in [0.717, 1.165) is 27.8 Å². The van der Waals surface area contributed by atoms with Crippen molar-refractivity contribution in [3.63, 3.8) is 0 Å². The summed E-state index contributed by atoms with van der Waals surface area (Å²) < 4.78 is 44.7. The number of ketones is 1. The molecule has 37 heavy (non-hydrogen) atoms. The summed E-state index contributed by atoms with van der Waals surface area (Å²) in [6, 6.07) is 19.4. The molecule has 0 spiro atoms. The van der Waals surface area contributed by atoms with E-state index in [1.807, 2.05) is 47.8 Å². The fourth-order valence-corrected chi connectivity index (χ4v) is 4.98. The van der Waals surface area contributed by atoms with E-state index in [0.29, 0.717) is 36.1 Å². The van der Waals surface area contributed by atoms with Crippen LogP contribution in [0, 0.1) is 5.92 Å². The molecule has 4 nitrogen and oxygen atoms in total. The first kappa shape index (κ1) is 26.4. The molecule has 0 saturated heterocycles. The minimum absolute atomic E-state index is 0.00563. The van der Waals surface area contributed by atoms with Crippen LogP contribution < -0.4 is 4.74 Å². The van der Waals surface area contributed by atoms with E-state index in [4.69, 9.17) is 4.74 Å². The van der Waals surface area contributed by atoms with Crippen molar-refractivity contribution in [2.75, 3.05) is 0 Å². The Morgan fingerprint density at radius 2 is 1.70 bits per heavy atom. The van der Waals surface area contributed by atoms with Gasteiger partial charge in [0, 0.05) is 16.7 Å². The Bertz CT molecular complexity index is 1360. The van der Waals surface area contributed by atoms with Crippen LogP contribution in [0.4, 0.5) is 13.2 Å². The van der Waals surface area contributed by atoms with Gasteiger partial charge in [-0.05, 0) is 59.9 Å². The third kappa shape index (κ3) is 6.77. The van der Waals surface area contributed by atoms with Gasteiger partial charge in [-0.25, -0.2) is 0 Å². The summed E-state index contributed by atoms with van der Waals surface area (Å²) >= 11 is 1.51. The predicted octanol–water partition coefficient (Wildman–Crippen LogP) is 7.80. The SMILES string of the molecule is O=C(CCCC(Cc1cccs1)C(=O)O)c1ccc2ccccc2c1OCc1ccc(C(F)(F)F)cc1. The number of carboxylic acids is 1. The number of hydrogen-bond acceptors (Lipinski definition) is 4. The van der Waals surface area contributed by atoms with Gasteiger partial charge in [0.15, 0.2) is 5.78 Å². The smallest absolute Gasteiger partial charge is 0.416 e. The number of benzene rings is 3. The number of hydrogen-bond donors (Lipinski definition) is 1. The van der Waals surface area contributed by atoms with Gasteiger partial charge in [0.05, 0.1) is 17.0 Å². The maximum Gasteiger partial charge on any atom is 0.416 e. The Balaban J connectivity index is 1.48. The molecule has 0 amide bonds. The lowest BCUT2D eigenvalue weighted by molar-refractivity contribution is -0.142. The number of aliphatic carboxylic acids is 1. The van der Waals surface area contributed by atoms with Crippen LogP contribution in [0.5, 0.6) is 5.75 Å². The summed E-state index contributed by atoms with van der Waals surface area (Å²) in [5, 5.41) is 13.1. The number of alkyl halides is 3. The lowest BCUT2D eigenvalue weighted by Gasteiger charge is -2.15. The molecule has 1 unspecified atom stereocenters. The second kappa shape index (κ2) is 11.6. The van der Waals surface area contributed by atoms with E-state index in [2.05, 4.69) is 0 Å². The summed E-state index contributed by atoms with van der Waals surface area (Å²) in [6.07, 6.45) is -3.06. The molecular weight excluding hydrogens is 501 g/mol. The highest BCUT2D eigenvalue weighted by atomic mass is 32.1. The Kier molecular flexibility index (Phi) is 8.28. The van der Waals surface area contributed by atoms with Gasteiger partial charge >= 0.3 is 12.1 Å². The summed E-state index contributed by atoms with van der Waals surface area (Å²) in [7, 11) is 0. The Hall–Kier alpha value is -3.65. The van der Waals surface area contributed by atoms with Gasteiger partial charge < -0.3 is 9.84 Å².